The summed E-state index contributed by atoms with van der Waals surface area (Å²) in [7, 11) is 1.45. The minimum Gasteiger partial charge on any atom is -0.469 e. The van der Waals surface area contributed by atoms with Crippen molar-refractivity contribution in [2.24, 2.45) is 5.92 Å². The van der Waals surface area contributed by atoms with Gasteiger partial charge < -0.3 is 15.0 Å². The van der Waals surface area contributed by atoms with Gasteiger partial charge in [0.2, 0.25) is 0 Å². The van der Waals surface area contributed by atoms with Crippen molar-refractivity contribution < 1.29 is 9.53 Å². The minimum atomic E-state index is -0.0990. The van der Waals surface area contributed by atoms with Gasteiger partial charge in [0.05, 0.1) is 7.11 Å². The number of carbonyl (C=O) groups is 1. The average Bonchev–Trinajstić information content (AvgIpc) is 2.38. The fourth-order valence-electron chi connectivity index (χ4n) is 2.50. The first-order valence-electron chi connectivity index (χ1n) is 7.15. The van der Waals surface area contributed by atoms with Crippen molar-refractivity contribution in [1.82, 2.24) is 10.2 Å². The molecule has 106 valence electrons. The first-order valence-corrected chi connectivity index (χ1v) is 7.15. The molecular weight excluding hydrogens is 228 g/mol. The van der Waals surface area contributed by atoms with Gasteiger partial charge in [-0.1, -0.05) is 0 Å². The van der Waals surface area contributed by atoms with Crippen LogP contribution in [-0.2, 0) is 9.53 Å². The van der Waals surface area contributed by atoms with Gasteiger partial charge in [-0.2, -0.15) is 0 Å². The lowest BCUT2D eigenvalue weighted by atomic mass is 9.98. The molecule has 1 heterocycles. The third-order valence-electron chi connectivity index (χ3n) is 3.68. The van der Waals surface area contributed by atoms with E-state index in [-0.39, 0.29) is 5.97 Å². The number of piperidine rings is 1. The Hall–Kier alpha value is -0.610. The second-order valence-electron chi connectivity index (χ2n) is 5.48. The highest BCUT2D eigenvalue weighted by molar-refractivity contribution is 5.69. The number of hydrogen-bond donors (Lipinski definition) is 1. The largest absolute Gasteiger partial charge is 0.469 e. The van der Waals surface area contributed by atoms with E-state index >= 15 is 0 Å². The lowest BCUT2D eigenvalue weighted by Gasteiger charge is -2.32. The molecule has 1 N–H and O–H groups in total. The van der Waals surface area contributed by atoms with Crippen LogP contribution in [0, 0.1) is 5.92 Å². The van der Waals surface area contributed by atoms with Gasteiger partial charge in [0.1, 0.15) is 0 Å². The molecule has 0 aliphatic carbocycles. The molecule has 4 nitrogen and oxygen atoms in total. The summed E-state index contributed by atoms with van der Waals surface area (Å²) in [5, 5.41) is 3.46. The van der Waals surface area contributed by atoms with Crippen LogP contribution in [0.4, 0.5) is 0 Å². The van der Waals surface area contributed by atoms with Gasteiger partial charge in [0, 0.05) is 19.0 Å². The predicted molar refractivity (Wildman–Crippen MR) is 73.6 cm³/mol. The van der Waals surface area contributed by atoms with E-state index in [9.17, 15) is 4.79 Å². The summed E-state index contributed by atoms with van der Waals surface area (Å²) in [6.07, 6.45) is 4.04. The number of nitrogens with one attached hydrogen (secondary N) is 1. The maximum atomic E-state index is 11.1. The smallest absolute Gasteiger partial charge is 0.305 e. The molecule has 1 aliphatic rings. The van der Waals surface area contributed by atoms with Gasteiger partial charge in [-0.3, -0.25) is 4.79 Å². The van der Waals surface area contributed by atoms with Crippen molar-refractivity contribution in [1.29, 1.82) is 0 Å². The van der Waals surface area contributed by atoms with Crippen molar-refractivity contribution in [2.45, 2.75) is 45.6 Å². The summed E-state index contributed by atoms with van der Waals surface area (Å²) in [6, 6.07) is 0.546. The highest BCUT2D eigenvalue weighted by atomic mass is 16.5. The van der Waals surface area contributed by atoms with Crippen molar-refractivity contribution in [3.8, 4) is 0 Å². The van der Waals surface area contributed by atoms with Gasteiger partial charge >= 0.3 is 5.97 Å². The van der Waals surface area contributed by atoms with Crippen molar-refractivity contribution in [3.05, 3.63) is 0 Å². The Balaban J connectivity index is 2.27. The highest BCUT2D eigenvalue weighted by Gasteiger charge is 2.18. The van der Waals surface area contributed by atoms with E-state index in [0.717, 1.165) is 32.0 Å². The minimum absolute atomic E-state index is 0.0990. The van der Waals surface area contributed by atoms with Crippen molar-refractivity contribution in [3.63, 3.8) is 0 Å². The number of ether oxygens (including phenoxy) is 1. The lowest BCUT2D eigenvalue weighted by Crippen LogP contribution is -2.41. The summed E-state index contributed by atoms with van der Waals surface area (Å²) < 4.78 is 4.68. The number of rotatable bonds is 7. The van der Waals surface area contributed by atoms with Crippen LogP contribution in [-0.4, -0.2) is 50.2 Å². The van der Waals surface area contributed by atoms with E-state index < -0.39 is 0 Å². The molecule has 1 saturated heterocycles. The molecule has 1 unspecified atom stereocenters. The van der Waals surface area contributed by atoms with Gasteiger partial charge in [-0.15, -0.1) is 0 Å². The lowest BCUT2D eigenvalue weighted by molar-refractivity contribution is -0.140. The normalized spacial score (nSPS) is 20.4. The fourth-order valence-corrected chi connectivity index (χ4v) is 2.50. The molecule has 1 fully saturated rings. The molecule has 4 heteroatoms. The van der Waals surface area contributed by atoms with E-state index in [2.05, 4.69) is 28.8 Å². The zero-order chi connectivity index (χ0) is 13.4. The summed E-state index contributed by atoms with van der Waals surface area (Å²) in [6.45, 7) is 8.90. The van der Waals surface area contributed by atoms with Crippen molar-refractivity contribution in [2.75, 3.05) is 33.3 Å². The number of esters is 1. The van der Waals surface area contributed by atoms with Gasteiger partial charge in [-0.25, -0.2) is 0 Å². The Morgan fingerprint density at radius 1 is 1.50 bits per heavy atom. The molecule has 1 atom stereocenters. The quantitative estimate of drug-likeness (QED) is 0.703. The van der Waals surface area contributed by atoms with Crippen LogP contribution in [0.1, 0.15) is 39.5 Å². The number of methoxy groups -OCH3 is 1. The number of nitrogens with zero attached hydrogens (tertiary/aromatic N) is 1. The number of carbonyl (C=O) groups excluding carboxylic acids is 1. The Morgan fingerprint density at radius 3 is 2.83 bits per heavy atom. The average molecular weight is 256 g/mol. The highest BCUT2D eigenvalue weighted by Crippen LogP contribution is 2.14. The fraction of sp³-hybridized carbons (Fsp3) is 0.929. The molecule has 0 bridgehead atoms. The Kier molecular flexibility index (Phi) is 7.28. The molecule has 0 aromatic heterocycles. The Morgan fingerprint density at radius 2 is 2.28 bits per heavy atom. The van der Waals surface area contributed by atoms with Crippen LogP contribution in [0.25, 0.3) is 0 Å². The molecule has 0 aromatic rings. The first kappa shape index (κ1) is 15.4. The first-order chi connectivity index (χ1) is 8.63. The molecule has 18 heavy (non-hydrogen) atoms. The summed E-state index contributed by atoms with van der Waals surface area (Å²) in [4.78, 5) is 13.6. The molecule has 0 saturated carbocycles. The number of hydrogen-bond acceptors (Lipinski definition) is 4. The molecule has 1 aliphatic heterocycles. The van der Waals surface area contributed by atoms with Crippen LogP contribution < -0.4 is 5.32 Å². The second kappa shape index (κ2) is 8.48. The van der Waals surface area contributed by atoms with E-state index in [1.54, 1.807) is 0 Å². The molecular formula is C14H28N2O2. The predicted octanol–water partition coefficient (Wildman–Crippen LogP) is 1.65. The third-order valence-corrected chi connectivity index (χ3v) is 3.68. The van der Waals surface area contributed by atoms with Gasteiger partial charge in [-0.05, 0) is 58.7 Å². The van der Waals surface area contributed by atoms with Crippen LogP contribution in [0.5, 0.6) is 0 Å². The SMILES string of the molecule is COC(=O)CCCN(CC1CCCNC1)C(C)C. The molecule has 0 spiro atoms. The standard InChI is InChI=1S/C14H28N2O2/c1-12(2)16(9-5-7-14(17)18-3)11-13-6-4-8-15-10-13/h12-13,15H,4-11H2,1-3H3. The van der Waals surface area contributed by atoms with Gasteiger partial charge in [0.25, 0.3) is 0 Å². The zero-order valence-electron chi connectivity index (χ0n) is 12.1. The van der Waals surface area contributed by atoms with E-state index in [1.165, 1.54) is 26.5 Å². The summed E-state index contributed by atoms with van der Waals surface area (Å²) in [5.41, 5.74) is 0. The van der Waals surface area contributed by atoms with E-state index in [0.29, 0.717) is 12.5 Å². The summed E-state index contributed by atoms with van der Waals surface area (Å²) in [5.74, 6) is 0.664. The maximum Gasteiger partial charge on any atom is 0.305 e. The van der Waals surface area contributed by atoms with Crippen LogP contribution in [0.3, 0.4) is 0 Å². The maximum absolute atomic E-state index is 11.1. The monoisotopic (exact) mass is 256 g/mol. The van der Waals surface area contributed by atoms with E-state index in [4.69, 9.17) is 0 Å². The zero-order valence-corrected chi connectivity index (χ0v) is 12.1. The molecule has 1 rings (SSSR count). The Bertz CT molecular complexity index is 238. The molecule has 0 aromatic carbocycles. The summed E-state index contributed by atoms with van der Waals surface area (Å²) >= 11 is 0. The third kappa shape index (κ3) is 5.83. The Labute approximate surface area is 111 Å². The van der Waals surface area contributed by atoms with Crippen LogP contribution in [0.15, 0.2) is 0 Å². The van der Waals surface area contributed by atoms with E-state index in [1.807, 2.05) is 0 Å². The van der Waals surface area contributed by atoms with Crippen LogP contribution in [0.2, 0.25) is 0 Å². The topological polar surface area (TPSA) is 41.6 Å². The van der Waals surface area contributed by atoms with Crippen molar-refractivity contribution >= 4 is 5.97 Å². The second-order valence-corrected chi connectivity index (χ2v) is 5.48. The van der Waals surface area contributed by atoms with Gasteiger partial charge in [0.15, 0.2) is 0 Å². The molecule has 0 radical (unpaired) electrons. The van der Waals surface area contributed by atoms with Crippen LogP contribution >= 0.6 is 0 Å². The molecule has 0 amide bonds.